The molecule has 0 radical (unpaired) electrons. The number of nitrogens with one attached hydrogen (secondary N) is 1. The summed E-state index contributed by atoms with van der Waals surface area (Å²) in [7, 11) is -1.90. The maximum absolute atomic E-state index is 13.3. The van der Waals surface area contributed by atoms with Gasteiger partial charge in [0.15, 0.2) is 0 Å². The minimum absolute atomic E-state index is 0.142. The molecule has 1 aliphatic heterocycles. The van der Waals surface area contributed by atoms with Gasteiger partial charge < -0.3 is 10.1 Å². The highest BCUT2D eigenvalue weighted by Crippen LogP contribution is 2.22. The Hall–Kier alpha value is -3.22. The summed E-state index contributed by atoms with van der Waals surface area (Å²) in [6.45, 7) is 4.85. The molecule has 0 bridgehead atoms. The molecule has 1 fully saturated rings. The lowest BCUT2D eigenvalue weighted by Crippen LogP contribution is -2.41. The third kappa shape index (κ3) is 8.19. The summed E-state index contributed by atoms with van der Waals surface area (Å²) >= 11 is 0. The summed E-state index contributed by atoms with van der Waals surface area (Å²) in [6.07, 6.45) is 2.79. The van der Waals surface area contributed by atoms with Crippen molar-refractivity contribution in [3.05, 3.63) is 65.2 Å². The number of hydrogen-bond acceptors (Lipinski definition) is 6. The fourth-order valence-corrected chi connectivity index (χ4v) is 5.15. The molecule has 1 aromatic heterocycles. The lowest BCUT2D eigenvalue weighted by molar-refractivity contribution is -0.117. The highest BCUT2D eigenvalue weighted by Gasteiger charge is 2.18. The van der Waals surface area contributed by atoms with Crippen LogP contribution in [0.1, 0.15) is 37.1 Å². The predicted octanol–water partition coefficient (Wildman–Crippen LogP) is 3.20. The Kier molecular flexibility index (Phi) is 9.40. The number of nitriles is 1. The lowest BCUT2D eigenvalue weighted by atomic mass is 10.0. The number of rotatable bonds is 10. The van der Waals surface area contributed by atoms with Gasteiger partial charge in [0.1, 0.15) is 24.0 Å². The van der Waals surface area contributed by atoms with Crippen LogP contribution in [0.5, 0.6) is 5.75 Å². The van der Waals surface area contributed by atoms with Crippen LogP contribution in [0.15, 0.2) is 48.0 Å². The smallest absolute Gasteiger partial charge is 0.262 e. The first-order valence-electron chi connectivity index (χ1n) is 11.6. The normalized spacial score (nSPS) is 16.8. The van der Waals surface area contributed by atoms with Crippen molar-refractivity contribution in [2.24, 2.45) is 0 Å². The van der Waals surface area contributed by atoms with E-state index < -0.39 is 21.4 Å². The third-order valence-electron chi connectivity index (χ3n) is 5.79. The number of hydrogen-bond donors (Lipinski definition) is 1. The standard InChI is InChI=1S/C26H31FN4O3S/c1-3-5-24(30-26(32)21(19-28)18-22-6-4-7-25(27)29-22)20-8-10-23(11-9-20)34-15-12-31-13-16-35(2,33)17-14-31/h4,6-11,18,24H,2-3,5,12-17H2,1H3,(H,30,32)/b21-18+. The average molecular weight is 499 g/mol. The Labute approximate surface area is 206 Å². The molecule has 7 nitrogen and oxygen atoms in total. The molecule has 1 saturated heterocycles. The van der Waals surface area contributed by atoms with Crippen molar-refractivity contribution in [2.45, 2.75) is 25.8 Å². The van der Waals surface area contributed by atoms with Crippen molar-refractivity contribution >= 4 is 27.4 Å². The summed E-state index contributed by atoms with van der Waals surface area (Å²) in [5, 5.41) is 12.3. The molecule has 1 amide bonds. The van der Waals surface area contributed by atoms with Crippen LogP contribution in [0, 0.1) is 17.3 Å². The maximum atomic E-state index is 13.3. The molecule has 186 valence electrons. The Bertz CT molecular complexity index is 1180. The Balaban J connectivity index is 1.58. The highest BCUT2D eigenvalue weighted by molar-refractivity contribution is 8.00. The molecule has 2 aromatic rings. The first-order chi connectivity index (χ1) is 16.8. The zero-order valence-corrected chi connectivity index (χ0v) is 20.7. The van der Waals surface area contributed by atoms with Crippen molar-refractivity contribution in [3.8, 4) is 11.8 Å². The van der Waals surface area contributed by atoms with E-state index in [1.807, 2.05) is 37.3 Å². The highest BCUT2D eigenvalue weighted by atomic mass is 32.2. The number of ether oxygens (including phenoxy) is 1. The van der Waals surface area contributed by atoms with Crippen LogP contribution >= 0.6 is 0 Å². The van der Waals surface area contributed by atoms with Crippen LogP contribution in [0.3, 0.4) is 0 Å². The summed E-state index contributed by atoms with van der Waals surface area (Å²) in [5.41, 5.74) is 0.959. The van der Waals surface area contributed by atoms with Crippen molar-refractivity contribution in [2.75, 3.05) is 37.7 Å². The topological polar surface area (TPSA) is 95.3 Å². The van der Waals surface area contributed by atoms with E-state index in [0.29, 0.717) is 24.5 Å². The van der Waals surface area contributed by atoms with Gasteiger partial charge in [-0.15, -0.1) is 0 Å². The van der Waals surface area contributed by atoms with Gasteiger partial charge in [-0.2, -0.15) is 9.65 Å². The van der Waals surface area contributed by atoms with Crippen molar-refractivity contribution in [1.82, 2.24) is 15.2 Å². The second-order valence-electron chi connectivity index (χ2n) is 8.50. The fraction of sp³-hybridized carbons (Fsp3) is 0.385. The van der Waals surface area contributed by atoms with Crippen LogP contribution in [0.25, 0.3) is 6.08 Å². The monoisotopic (exact) mass is 498 g/mol. The van der Waals surface area contributed by atoms with E-state index in [1.54, 1.807) is 0 Å². The SMILES string of the molecule is C=S1(=O)CCN(CCOc2ccc(C(CCC)NC(=O)/C(C#N)=C/c3cccc(F)n3)cc2)CC1. The number of pyridine rings is 1. The van der Waals surface area contributed by atoms with E-state index in [0.717, 1.165) is 37.4 Å². The van der Waals surface area contributed by atoms with Gasteiger partial charge >= 0.3 is 0 Å². The molecular formula is C26H31FN4O3S. The number of nitrogens with zero attached hydrogens (tertiary/aromatic N) is 3. The number of amides is 1. The van der Waals surface area contributed by atoms with E-state index in [1.165, 1.54) is 24.3 Å². The number of carbonyl (C=O) groups is 1. The molecule has 0 saturated carbocycles. The summed E-state index contributed by atoms with van der Waals surface area (Å²) in [5.74, 6) is 4.56. The Morgan fingerprint density at radius 1 is 1.31 bits per heavy atom. The van der Waals surface area contributed by atoms with Gasteiger partial charge in [0.25, 0.3) is 5.91 Å². The lowest BCUT2D eigenvalue weighted by Gasteiger charge is -2.28. The molecule has 9 heteroatoms. The van der Waals surface area contributed by atoms with Gasteiger partial charge in [0.05, 0.1) is 11.7 Å². The van der Waals surface area contributed by atoms with Gasteiger partial charge in [-0.25, -0.2) is 4.98 Å². The van der Waals surface area contributed by atoms with E-state index >= 15 is 0 Å². The fourth-order valence-electron chi connectivity index (χ4n) is 3.77. The van der Waals surface area contributed by atoms with Crippen LogP contribution < -0.4 is 10.1 Å². The van der Waals surface area contributed by atoms with Gasteiger partial charge in [0.2, 0.25) is 5.95 Å². The summed E-state index contributed by atoms with van der Waals surface area (Å²) < 4.78 is 31.2. The van der Waals surface area contributed by atoms with Gasteiger partial charge in [-0.1, -0.05) is 31.5 Å². The largest absolute Gasteiger partial charge is 0.492 e. The molecule has 2 heterocycles. The van der Waals surface area contributed by atoms with E-state index in [2.05, 4.69) is 21.1 Å². The number of aromatic nitrogens is 1. The summed E-state index contributed by atoms with van der Waals surface area (Å²) in [4.78, 5) is 18.7. The van der Waals surface area contributed by atoms with Crippen molar-refractivity contribution in [1.29, 1.82) is 5.26 Å². The minimum Gasteiger partial charge on any atom is -0.492 e. The zero-order valence-electron chi connectivity index (χ0n) is 19.9. The molecular weight excluding hydrogens is 467 g/mol. The minimum atomic E-state index is -1.90. The van der Waals surface area contributed by atoms with Crippen molar-refractivity contribution in [3.63, 3.8) is 0 Å². The van der Waals surface area contributed by atoms with E-state index in [4.69, 9.17) is 4.74 Å². The first-order valence-corrected chi connectivity index (χ1v) is 13.7. The molecule has 3 rings (SSSR count). The second-order valence-corrected chi connectivity index (χ2v) is 11.3. The molecule has 1 aliphatic rings. The van der Waals surface area contributed by atoms with Gasteiger partial charge in [0, 0.05) is 31.1 Å². The molecule has 35 heavy (non-hydrogen) atoms. The molecule has 1 unspecified atom stereocenters. The number of benzene rings is 1. The maximum Gasteiger partial charge on any atom is 0.262 e. The predicted molar refractivity (Wildman–Crippen MR) is 137 cm³/mol. The van der Waals surface area contributed by atoms with Crippen LogP contribution in [0.4, 0.5) is 4.39 Å². The molecule has 0 aliphatic carbocycles. The van der Waals surface area contributed by atoms with E-state index in [9.17, 15) is 18.7 Å². The third-order valence-corrected chi connectivity index (χ3v) is 7.65. The zero-order chi connectivity index (χ0) is 25.3. The van der Waals surface area contributed by atoms with Crippen LogP contribution in [-0.4, -0.2) is 63.6 Å². The summed E-state index contributed by atoms with van der Waals surface area (Å²) in [6, 6.07) is 13.3. The quantitative estimate of drug-likeness (QED) is 0.234. The van der Waals surface area contributed by atoms with Crippen molar-refractivity contribution < 1.29 is 18.1 Å². The van der Waals surface area contributed by atoms with Crippen LogP contribution in [-0.2, 0) is 14.3 Å². The van der Waals surface area contributed by atoms with Gasteiger partial charge in [-0.05, 0) is 57.7 Å². The molecule has 1 N–H and O–H groups in total. The Morgan fingerprint density at radius 2 is 2.03 bits per heavy atom. The second kappa shape index (κ2) is 12.5. The van der Waals surface area contributed by atoms with Gasteiger partial charge in [-0.3, -0.25) is 13.9 Å². The number of halogens is 1. The number of carbonyl (C=O) groups excluding carboxylic acids is 1. The molecule has 0 spiro atoms. The Morgan fingerprint density at radius 3 is 2.66 bits per heavy atom. The van der Waals surface area contributed by atoms with E-state index in [-0.39, 0.29) is 17.3 Å². The first kappa shape index (κ1) is 26.4. The van der Waals surface area contributed by atoms with Crippen LogP contribution in [0.2, 0.25) is 0 Å². The molecule has 1 aromatic carbocycles. The average Bonchev–Trinajstić information content (AvgIpc) is 2.84. The molecule has 1 atom stereocenters.